The van der Waals surface area contributed by atoms with Crippen LogP contribution in [0.25, 0.3) is 0 Å². The minimum atomic E-state index is -0.543. The Hall–Kier alpha value is -1.68. The number of hydrogen-bond acceptors (Lipinski definition) is 3. The summed E-state index contributed by atoms with van der Waals surface area (Å²) in [5.74, 6) is 0. The summed E-state index contributed by atoms with van der Waals surface area (Å²) in [5.41, 5.74) is 8.40. The smallest absolute Gasteiger partial charge is 0.0818 e. The van der Waals surface area contributed by atoms with Crippen LogP contribution in [0.15, 0.2) is 60.7 Å². The molecule has 0 aliphatic heterocycles. The highest BCUT2D eigenvalue weighted by atomic mass is 16.3. The van der Waals surface area contributed by atoms with Crippen LogP contribution in [-0.2, 0) is 13.0 Å². The molecule has 0 aliphatic rings. The van der Waals surface area contributed by atoms with E-state index in [-0.39, 0.29) is 6.04 Å². The van der Waals surface area contributed by atoms with Crippen LogP contribution >= 0.6 is 0 Å². The number of aliphatic hydroxyl groups excluding tert-OH is 1. The standard InChI is InChI=1S/C17H22N2O/c18-16(11-14-7-3-1-4-8-14)17(20)13-19-12-15-9-5-2-6-10-15/h1-10,16-17,19-20H,11-13,18H2/t16-,17+/m0/s1. The lowest BCUT2D eigenvalue weighted by molar-refractivity contribution is 0.141. The zero-order chi connectivity index (χ0) is 14.2. The first-order valence-electron chi connectivity index (χ1n) is 6.98. The molecular weight excluding hydrogens is 248 g/mol. The molecule has 0 radical (unpaired) electrons. The third kappa shape index (κ3) is 4.78. The Morgan fingerprint density at radius 1 is 0.900 bits per heavy atom. The molecule has 2 rings (SSSR count). The largest absolute Gasteiger partial charge is 0.390 e. The summed E-state index contributed by atoms with van der Waals surface area (Å²) >= 11 is 0. The van der Waals surface area contributed by atoms with Crippen molar-refractivity contribution in [2.24, 2.45) is 5.73 Å². The molecule has 0 heterocycles. The third-order valence-electron chi connectivity index (χ3n) is 3.33. The van der Waals surface area contributed by atoms with E-state index in [2.05, 4.69) is 17.4 Å². The SMILES string of the molecule is N[C@@H](Cc1ccccc1)[C@H](O)CNCc1ccccc1. The summed E-state index contributed by atoms with van der Waals surface area (Å²) in [7, 11) is 0. The molecule has 106 valence electrons. The molecule has 20 heavy (non-hydrogen) atoms. The van der Waals surface area contributed by atoms with E-state index in [1.165, 1.54) is 5.56 Å². The van der Waals surface area contributed by atoms with Crippen molar-refractivity contribution >= 4 is 0 Å². The van der Waals surface area contributed by atoms with Gasteiger partial charge in [0.15, 0.2) is 0 Å². The van der Waals surface area contributed by atoms with Crippen molar-refractivity contribution in [3.63, 3.8) is 0 Å². The molecule has 0 spiro atoms. The van der Waals surface area contributed by atoms with E-state index in [1.807, 2.05) is 48.5 Å². The molecule has 2 aromatic carbocycles. The highest BCUT2D eigenvalue weighted by Crippen LogP contribution is 2.04. The van der Waals surface area contributed by atoms with Gasteiger partial charge in [-0.25, -0.2) is 0 Å². The van der Waals surface area contributed by atoms with Crippen LogP contribution < -0.4 is 11.1 Å². The summed E-state index contributed by atoms with van der Waals surface area (Å²) in [5, 5.41) is 13.3. The number of nitrogens with one attached hydrogen (secondary N) is 1. The highest BCUT2D eigenvalue weighted by Gasteiger charge is 2.14. The molecule has 2 atom stereocenters. The average molecular weight is 270 g/mol. The maximum absolute atomic E-state index is 10.1. The number of benzene rings is 2. The van der Waals surface area contributed by atoms with E-state index in [4.69, 9.17) is 5.73 Å². The van der Waals surface area contributed by atoms with Crippen LogP contribution in [0.2, 0.25) is 0 Å². The predicted molar refractivity (Wildman–Crippen MR) is 82.3 cm³/mol. The van der Waals surface area contributed by atoms with Crippen molar-refractivity contribution in [2.75, 3.05) is 6.54 Å². The fourth-order valence-corrected chi connectivity index (χ4v) is 2.13. The van der Waals surface area contributed by atoms with Gasteiger partial charge in [-0.15, -0.1) is 0 Å². The van der Waals surface area contributed by atoms with Crippen LogP contribution in [0.1, 0.15) is 11.1 Å². The van der Waals surface area contributed by atoms with Gasteiger partial charge in [0.1, 0.15) is 0 Å². The van der Waals surface area contributed by atoms with Crippen molar-refractivity contribution in [2.45, 2.75) is 25.1 Å². The lowest BCUT2D eigenvalue weighted by atomic mass is 10.0. The quantitative estimate of drug-likeness (QED) is 0.718. The average Bonchev–Trinajstić information content (AvgIpc) is 2.49. The minimum Gasteiger partial charge on any atom is -0.390 e. The first-order valence-corrected chi connectivity index (χ1v) is 6.98. The van der Waals surface area contributed by atoms with Crippen LogP contribution in [0.4, 0.5) is 0 Å². The number of rotatable bonds is 7. The third-order valence-corrected chi connectivity index (χ3v) is 3.33. The Balaban J connectivity index is 1.73. The Morgan fingerprint density at radius 2 is 1.45 bits per heavy atom. The van der Waals surface area contributed by atoms with Gasteiger partial charge in [-0.3, -0.25) is 0 Å². The molecule has 2 aromatic rings. The molecule has 0 bridgehead atoms. The fourth-order valence-electron chi connectivity index (χ4n) is 2.13. The van der Waals surface area contributed by atoms with Crippen molar-refractivity contribution < 1.29 is 5.11 Å². The molecule has 0 unspecified atom stereocenters. The van der Waals surface area contributed by atoms with Gasteiger partial charge in [-0.1, -0.05) is 60.7 Å². The van der Waals surface area contributed by atoms with Gasteiger partial charge in [-0.05, 0) is 17.5 Å². The number of nitrogens with two attached hydrogens (primary N) is 1. The topological polar surface area (TPSA) is 58.3 Å². The van der Waals surface area contributed by atoms with Gasteiger partial charge < -0.3 is 16.2 Å². The van der Waals surface area contributed by atoms with Gasteiger partial charge in [-0.2, -0.15) is 0 Å². The second kappa shape index (κ2) is 7.80. The molecule has 3 heteroatoms. The monoisotopic (exact) mass is 270 g/mol. The normalized spacial score (nSPS) is 13.9. The molecule has 3 nitrogen and oxygen atoms in total. The Bertz CT molecular complexity index is 487. The first-order chi connectivity index (χ1) is 9.75. The van der Waals surface area contributed by atoms with Crippen LogP contribution in [0.5, 0.6) is 0 Å². The maximum atomic E-state index is 10.1. The van der Waals surface area contributed by atoms with Crippen molar-refractivity contribution in [3.8, 4) is 0 Å². The molecule has 0 saturated heterocycles. The van der Waals surface area contributed by atoms with Crippen LogP contribution in [-0.4, -0.2) is 23.8 Å². The second-order valence-electron chi connectivity index (χ2n) is 5.04. The Kier molecular flexibility index (Phi) is 5.74. The van der Waals surface area contributed by atoms with Crippen LogP contribution in [0, 0.1) is 0 Å². The Labute approximate surface area is 120 Å². The zero-order valence-electron chi connectivity index (χ0n) is 11.6. The summed E-state index contributed by atoms with van der Waals surface area (Å²) in [4.78, 5) is 0. The van der Waals surface area contributed by atoms with Gasteiger partial charge >= 0.3 is 0 Å². The molecule has 0 aromatic heterocycles. The van der Waals surface area contributed by atoms with E-state index in [9.17, 15) is 5.11 Å². The van der Waals surface area contributed by atoms with Crippen molar-refractivity contribution in [1.82, 2.24) is 5.32 Å². The van der Waals surface area contributed by atoms with E-state index >= 15 is 0 Å². The fraction of sp³-hybridized carbons (Fsp3) is 0.294. The molecular formula is C17H22N2O. The van der Waals surface area contributed by atoms with Gasteiger partial charge in [0, 0.05) is 19.1 Å². The van der Waals surface area contributed by atoms with Gasteiger partial charge in [0.2, 0.25) is 0 Å². The van der Waals surface area contributed by atoms with Gasteiger partial charge in [0.05, 0.1) is 6.10 Å². The van der Waals surface area contributed by atoms with E-state index < -0.39 is 6.10 Å². The van der Waals surface area contributed by atoms with Crippen molar-refractivity contribution in [3.05, 3.63) is 71.8 Å². The minimum absolute atomic E-state index is 0.249. The molecule has 0 amide bonds. The molecule has 0 saturated carbocycles. The molecule has 0 fully saturated rings. The van der Waals surface area contributed by atoms with Crippen LogP contribution in [0.3, 0.4) is 0 Å². The zero-order valence-corrected chi connectivity index (χ0v) is 11.6. The lowest BCUT2D eigenvalue weighted by Gasteiger charge is -2.19. The predicted octanol–water partition coefficient (Wildman–Crippen LogP) is 1.71. The van der Waals surface area contributed by atoms with Gasteiger partial charge in [0.25, 0.3) is 0 Å². The second-order valence-corrected chi connectivity index (χ2v) is 5.04. The van der Waals surface area contributed by atoms with E-state index in [0.29, 0.717) is 13.0 Å². The molecule has 0 aliphatic carbocycles. The summed E-state index contributed by atoms with van der Waals surface area (Å²) < 4.78 is 0. The summed E-state index contributed by atoms with van der Waals surface area (Å²) in [6.07, 6.45) is 0.147. The number of aliphatic hydroxyl groups is 1. The highest BCUT2D eigenvalue weighted by molar-refractivity contribution is 5.16. The first kappa shape index (κ1) is 14.7. The lowest BCUT2D eigenvalue weighted by Crippen LogP contribution is -2.42. The molecule has 4 N–H and O–H groups in total. The maximum Gasteiger partial charge on any atom is 0.0818 e. The summed E-state index contributed by atoms with van der Waals surface area (Å²) in [6.45, 7) is 1.25. The van der Waals surface area contributed by atoms with Crippen molar-refractivity contribution in [1.29, 1.82) is 0 Å². The summed E-state index contributed by atoms with van der Waals surface area (Å²) in [6, 6.07) is 19.9. The van der Waals surface area contributed by atoms with E-state index in [0.717, 1.165) is 12.1 Å². The van der Waals surface area contributed by atoms with E-state index in [1.54, 1.807) is 0 Å². The number of hydrogen-bond donors (Lipinski definition) is 3. The Morgan fingerprint density at radius 3 is 2.05 bits per heavy atom.